The van der Waals surface area contributed by atoms with Crippen LogP contribution < -0.4 is 4.72 Å². The number of carbonyl (C=O) groups excluding carboxylic acids is 1. The van der Waals surface area contributed by atoms with Gasteiger partial charge in [-0.3, -0.25) is 0 Å². The van der Waals surface area contributed by atoms with Crippen molar-refractivity contribution in [1.82, 2.24) is 4.72 Å². The Morgan fingerprint density at radius 1 is 1.38 bits per heavy atom. The number of esters is 1. The van der Waals surface area contributed by atoms with Gasteiger partial charge in [0, 0.05) is 6.54 Å². The number of ether oxygens (including phenoxy) is 1. The number of hydrogen-bond donors (Lipinski definition) is 2. The lowest BCUT2D eigenvalue weighted by Crippen LogP contribution is -2.32. The maximum absolute atomic E-state index is 12.1. The van der Waals surface area contributed by atoms with Crippen LogP contribution in [0.2, 0.25) is 0 Å². The molecule has 0 aliphatic carbocycles. The highest BCUT2D eigenvalue weighted by molar-refractivity contribution is 7.89. The van der Waals surface area contributed by atoms with Crippen LogP contribution in [0.3, 0.4) is 0 Å². The molecular formula is C14H21NO5S. The lowest BCUT2D eigenvalue weighted by atomic mass is 10.1. The van der Waals surface area contributed by atoms with E-state index >= 15 is 0 Å². The molecule has 2 N–H and O–H groups in total. The Morgan fingerprint density at radius 2 is 2.05 bits per heavy atom. The third kappa shape index (κ3) is 5.45. The minimum Gasteiger partial charge on any atom is -0.465 e. The number of rotatable bonds is 7. The third-order valence-corrected chi connectivity index (χ3v) is 4.24. The number of methoxy groups -OCH3 is 1. The summed E-state index contributed by atoms with van der Waals surface area (Å²) in [6.07, 6.45) is -0.242. The largest absolute Gasteiger partial charge is 0.465 e. The van der Waals surface area contributed by atoms with E-state index in [1.807, 2.05) is 13.8 Å². The van der Waals surface area contributed by atoms with Crippen LogP contribution in [0, 0.1) is 5.92 Å². The molecular weight excluding hydrogens is 294 g/mol. The summed E-state index contributed by atoms with van der Waals surface area (Å²) in [5.41, 5.74) is 0.156. The van der Waals surface area contributed by atoms with Gasteiger partial charge in [-0.05, 0) is 30.5 Å². The van der Waals surface area contributed by atoms with Crippen molar-refractivity contribution in [3.63, 3.8) is 0 Å². The zero-order chi connectivity index (χ0) is 16.0. The first kappa shape index (κ1) is 17.6. The van der Waals surface area contributed by atoms with Gasteiger partial charge in [0.2, 0.25) is 10.0 Å². The number of aliphatic hydroxyl groups excluding tert-OH is 1. The van der Waals surface area contributed by atoms with Gasteiger partial charge in [0.1, 0.15) is 0 Å². The third-order valence-electron chi connectivity index (χ3n) is 2.82. The zero-order valence-corrected chi connectivity index (χ0v) is 13.2. The molecule has 0 amide bonds. The molecule has 1 aromatic carbocycles. The molecule has 1 atom stereocenters. The zero-order valence-electron chi connectivity index (χ0n) is 12.4. The molecule has 118 valence electrons. The van der Waals surface area contributed by atoms with Crippen LogP contribution in [0.25, 0.3) is 0 Å². The van der Waals surface area contributed by atoms with Gasteiger partial charge in [0.25, 0.3) is 0 Å². The molecule has 0 spiro atoms. The number of benzene rings is 1. The van der Waals surface area contributed by atoms with Gasteiger partial charge in [-0.2, -0.15) is 0 Å². The fraction of sp³-hybridized carbons (Fsp3) is 0.500. The molecule has 1 rings (SSSR count). The van der Waals surface area contributed by atoms with Crippen molar-refractivity contribution >= 4 is 16.0 Å². The van der Waals surface area contributed by atoms with Crippen LogP contribution in [0.15, 0.2) is 29.2 Å². The lowest BCUT2D eigenvalue weighted by molar-refractivity contribution is 0.0600. The molecule has 0 fully saturated rings. The highest BCUT2D eigenvalue weighted by atomic mass is 32.2. The second kappa shape index (κ2) is 7.53. The second-order valence-corrected chi connectivity index (χ2v) is 6.92. The predicted molar refractivity (Wildman–Crippen MR) is 78.4 cm³/mol. The van der Waals surface area contributed by atoms with Gasteiger partial charge in [0.15, 0.2) is 0 Å². The molecule has 0 saturated heterocycles. The lowest BCUT2D eigenvalue weighted by Gasteiger charge is -2.14. The van der Waals surface area contributed by atoms with E-state index in [2.05, 4.69) is 9.46 Å². The van der Waals surface area contributed by atoms with Gasteiger partial charge < -0.3 is 9.84 Å². The highest BCUT2D eigenvalue weighted by Gasteiger charge is 2.18. The summed E-state index contributed by atoms with van der Waals surface area (Å²) in [6.45, 7) is 3.82. The van der Waals surface area contributed by atoms with Gasteiger partial charge in [-0.1, -0.05) is 19.9 Å². The summed E-state index contributed by atoms with van der Waals surface area (Å²) in [5.74, 6) is -0.334. The Morgan fingerprint density at radius 3 is 2.62 bits per heavy atom. The summed E-state index contributed by atoms with van der Waals surface area (Å²) < 4.78 is 31.1. The van der Waals surface area contributed by atoms with Crippen molar-refractivity contribution in [2.45, 2.75) is 31.3 Å². The van der Waals surface area contributed by atoms with E-state index in [1.165, 1.54) is 31.4 Å². The fourth-order valence-electron chi connectivity index (χ4n) is 1.82. The van der Waals surface area contributed by atoms with E-state index in [4.69, 9.17) is 0 Å². The Bertz CT molecular complexity index is 583. The summed E-state index contributed by atoms with van der Waals surface area (Å²) in [5, 5.41) is 9.71. The summed E-state index contributed by atoms with van der Waals surface area (Å²) >= 11 is 0. The number of sulfonamides is 1. The molecule has 0 bridgehead atoms. The molecule has 1 unspecified atom stereocenters. The maximum atomic E-state index is 12.1. The van der Waals surface area contributed by atoms with Crippen LogP contribution in [0.5, 0.6) is 0 Å². The summed E-state index contributed by atoms with van der Waals surface area (Å²) in [7, 11) is -2.55. The molecule has 6 nitrogen and oxygen atoms in total. The average Bonchev–Trinajstić information content (AvgIpc) is 2.44. The first-order valence-electron chi connectivity index (χ1n) is 6.62. The van der Waals surface area contributed by atoms with E-state index in [0.717, 1.165) is 0 Å². The molecule has 0 aliphatic rings. The summed E-state index contributed by atoms with van der Waals surface area (Å²) in [6, 6.07) is 5.55. The van der Waals surface area contributed by atoms with Crippen LogP contribution in [0.1, 0.15) is 30.6 Å². The smallest absolute Gasteiger partial charge is 0.337 e. The van der Waals surface area contributed by atoms with E-state index in [0.29, 0.717) is 6.42 Å². The van der Waals surface area contributed by atoms with Crippen molar-refractivity contribution < 1.29 is 23.1 Å². The molecule has 0 aliphatic heterocycles. The van der Waals surface area contributed by atoms with Crippen LogP contribution in [-0.4, -0.2) is 39.3 Å². The average molecular weight is 315 g/mol. The number of nitrogens with one attached hydrogen (secondary N) is 1. The van der Waals surface area contributed by atoms with Gasteiger partial charge in [-0.25, -0.2) is 17.9 Å². The first-order valence-corrected chi connectivity index (χ1v) is 8.10. The van der Waals surface area contributed by atoms with Crippen LogP contribution in [0.4, 0.5) is 0 Å². The van der Waals surface area contributed by atoms with E-state index in [9.17, 15) is 18.3 Å². The minimum atomic E-state index is -3.77. The van der Waals surface area contributed by atoms with Gasteiger partial charge in [0.05, 0.1) is 23.7 Å². The SMILES string of the molecule is COC(=O)c1cccc(S(=O)(=O)NCC(O)CC(C)C)c1. The number of hydrogen-bond acceptors (Lipinski definition) is 5. The van der Waals surface area contributed by atoms with Gasteiger partial charge in [-0.15, -0.1) is 0 Å². The van der Waals surface area contributed by atoms with E-state index in [1.54, 1.807) is 0 Å². The van der Waals surface area contributed by atoms with Crippen molar-refractivity contribution in [3.05, 3.63) is 29.8 Å². The normalized spacial score (nSPS) is 13.2. The molecule has 0 heterocycles. The minimum absolute atomic E-state index is 0.0397. The molecule has 0 radical (unpaired) electrons. The van der Waals surface area contributed by atoms with E-state index < -0.39 is 22.1 Å². The van der Waals surface area contributed by atoms with Crippen molar-refractivity contribution in [3.8, 4) is 0 Å². The quantitative estimate of drug-likeness (QED) is 0.737. The van der Waals surface area contributed by atoms with Gasteiger partial charge >= 0.3 is 5.97 Å². The molecule has 0 aromatic heterocycles. The summed E-state index contributed by atoms with van der Waals surface area (Å²) in [4.78, 5) is 11.4. The standard InChI is InChI=1S/C14H21NO5S/c1-10(2)7-12(16)9-15-21(18,19)13-6-4-5-11(8-13)14(17)20-3/h4-6,8,10,12,15-16H,7,9H2,1-3H3. The predicted octanol–water partition coefficient (Wildman–Crippen LogP) is 1.16. The Balaban J connectivity index is 2.81. The Labute approximate surface area is 125 Å². The first-order chi connectivity index (χ1) is 9.76. The van der Waals surface area contributed by atoms with E-state index in [-0.39, 0.29) is 22.9 Å². The maximum Gasteiger partial charge on any atom is 0.337 e. The van der Waals surface area contributed by atoms with Crippen molar-refractivity contribution in [2.75, 3.05) is 13.7 Å². The highest BCUT2D eigenvalue weighted by Crippen LogP contribution is 2.13. The monoisotopic (exact) mass is 315 g/mol. The Hall–Kier alpha value is -1.44. The number of aliphatic hydroxyl groups is 1. The fourth-order valence-corrected chi connectivity index (χ4v) is 2.94. The van der Waals surface area contributed by atoms with Crippen molar-refractivity contribution in [1.29, 1.82) is 0 Å². The second-order valence-electron chi connectivity index (χ2n) is 5.15. The molecule has 21 heavy (non-hydrogen) atoms. The molecule has 7 heteroatoms. The molecule has 0 saturated carbocycles. The molecule has 1 aromatic rings. The Kier molecular flexibility index (Phi) is 6.32. The topological polar surface area (TPSA) is 92.7 Å². The van der Waals surface area contributed by atoms with Crippen molar-refractivity contribution in [2.24, 2.45) is 5.92 Å². The van der Waals surface area contributed by atoms with Crippen LogP contribution >= 0.6 is 0 Å². The van der Waals surface area contributed by atoms with Crippen LogP contribution in [-0.2, 0) is 14.8 Å². The number of carbonyl (C=O) groups is 1.